The van der Waals surface area contributed by atoms with Crippen LogP contribution in [0, 0.1) is 0 Å². The molecule has 0 aliphatic heterocycles. The number of benzene rings is 1. The van der Waals surface area contributed by atoms with Crippen molar-refractivity contribution in [1.29, 1.82) is 0 Å². The Hall–Kier alpha value is -2.21. The molecule has 0 aliphatic carbocycles. The number of amides is 1. The molecule has 0 aliphatic rings. The second-order valence-corrected chi connectivity index (χ2v) is 4.01. The molecule has 1 heterocycles. The van der Waals surface area contributed by atoms with Crippen LogP contribution in [0.4, 0.5) is 0 Å². The van der Waals surface area contributed by atoms with Crippen LogP contribution in [-0.2, 0) is 13.0 Å². The summed E-state index contributed by atoms with van der Waals surface area (Å²) in [6, 6.07) is 7.16. The number of nitrogens with two attached hydrogens (primary N) is 2. The largest absolute Gasteiger partial charge is 0.366 e. The summed E-state index contributed by atoms with van der Waals surface area (Å²) >= 11 is 0. The van der Waals surface area contributed by atoms with Crippen LogP contribution in [0.3, 0.4) is 0 Å². The summed E-state index contributed by atoms with van der Waals surface area (Å²) in [5.41, 5.74) is 13.0. The van der Waals surface area contributed by atoms with Crippen LogP contribution in [0.15, 0.2) is 30.5 Å². The van der Waals surface area contributed by atoms with Gasteiger partial charge in [-0.25, -0.2) is 4.68 Å². The van der Waals surface area contributed by atoms with Gasteiger partial charge in [0.25, 0.3) is 0 Å². The third kappa shape index (κ3) is 2.92. The van der Waals surface area contributed by atoms with Crippen molar-refractivity contribution in [2.24, 2.45) is 11.5 Å². The predicted molar refractivity (Wildman–Crippen MR) is 66.8 cm³/mol. The third-order valence-corrected chi connectivity index (χ3v) is 2.54. The molecule has 94 valence electrons. The Morgan fingerprint density at radius 2 is 2.22 bits per heavy atom. The van der Waals surface area contributed by atoms with E-state index >= 15 is 0 Å². The molecule has 2 rings (SSSR count). The summed E-state index contributed by atoms with van der Waals surface area (Å²) in [6.45, 7) is 1.11. The fraction of sp³-hybridized carbons (Fsp3) is 0.250. The molecule has 6 nitrogen and oxygen atoms in total. The van der Waals surface area contributed by atoms with Crippen molar-refractivity contribution in [2.75, 3.05) is 6.54 Å². The molecule has 0 saturated heterocycles. The van der Waals surface area contributed by atoms with Gasteiger partial charge in [-0.05, 0) is 24.2 Å². The van der Waals surface area contributed by atoms with E-state index in [1.807, 2.05) is 12.3 Å². The Morgan fingerprint density at radius 3 is 2.94 bits per heavy atom. The van der Waals surface area contributed by atoms with Crippen LogP contribution < -0.4 is 11.5 Å². The highest BCUT2D eigenvalue weighted by molar-refractivity contribution is 5.92. The van der Waals surface area contributed by atoms with E-state index < -0.39 is 5.91 Å². The molecule has 0 fully saturated rings. The minimum Gasteiger partial charge on any atom is -0.366 e. The quantitative estimate of drug-likeness (QED) is 0.769. The monoisotopic (exact) mass is 245 g/mol. The van der Waals surface area contributed by atoms with E-state index in [2.05, 4.69) is 10.3 Å². The Kier molecular flexibility index (Phi) is 3.69. The summed E-state index contributed by atoms with van der Waals surface area (Å²) in [5.74, 6) is -0.431. The molecule has 18 heavy (non-hydrogen) atoms. The van der Waals surface area contributed by atoms with Crippen molar-refractivity contribution >= 4 is 5.91 Å². The highest BCUT2D eigenvalue weighted by Gasteiger charge is 2.04. The van der Waals surface area contributed by atoms with Gasteiger partial charge in [0.15, 0.2) is 0 Å². The zero-order chi connectivity index (χ0) is 13.0. The Balaban J connectivity index is 2.12. The summed E-state index contributed by atoms with van der Waals surface area (Å²) in [7, 11) is 0. The van der Waals surface area contributed by atoms with E-state index in [1.54, 1.807) is 22.9 Å². The molecular formula is C12H15N5O. The molecule has 1 aromatic carbocycles. The molecule has 0 unspecified atom stereocenters. The average Bonchev–Trinajstić information content (AvgIpc) is 2.77. The smallest absolute Gasteiger partial charge is 0.248 e. The topological polar surface area (TPSA) is 99.8 Å². The lowest BCUT2D eigenvalue weighted by molar-refractivity contribution is 0.1000. The van der Waals surface area contributed by atoms with Gasteiger partial charge in [-0.1, -0.05) is 17.3 Å². The number of hydrogen-bond donors (Lipinski definition) is 2. The molecule has 0 bridgehead atoms. The van der Waals surface area contributed by atoms with Crippen LogP contribution in [-0.4, -0.2) is 27.4 Å². The normalized spacial score (nSPS) is 10.5. The molecule has 6 heteroatoms. The van der Waals surface area contributed by atoms with Crippen LogP contribution in [0.2, 0.25) is 0 Å². The first-order valence-electron chi connectivity index (χ1n) is 5.67. The number of carbonyl (C=O) groups is 1. The van der Waals surface area contributed by atoms with E-state index in [1.165, 1.54) is 0 Å². The third-order valence-electron chi connectivity index (χ3n) is 2.54. The maximum absolute atomic E-state index is 11.1. The average molecular weight is 245 g/mol. The summed E-state index contributed by atoms with van der Waals surface area (Å²) in [4.78, 5) is 11.1. The maximum Gasteiger partial charge on any atom is 0.248 e. The minimum atomic E-state index is -0.431. The van der Waals surface area contributed by atoms with E-state index in [4.69, 9.17) is 11.5 Å². The van der Waals surface area contributed by atoms with Crippen molar-refractivity contribution in [3.05, 3.63) is 47.3 Å². The van der Waals surface area contributed by atoms with Crippen molar-refractivity contribution in [3.8, 4) is 0 Å². The van der Waals surface area contributed by atoms with E-state index in [0.717, 1.165) is 11.3 Å². The Bertz CT molecular complexity index is 549. The van der Waals surface area contributed by atoms with Crippen LogP contribution >= 0.6 is 0 Å². The van der Waals surface area contributed by atoms with Crippen LogP contribution in [0.25, 0.3) is 0 Å². The maximum atomic E-state index is 11.1. The summed E-state index contributed by atoms with van der Waals surface area (Å²) in [6.07, 6.45) is 2.56. The second kappa shape index (κ2) is 5.42. The molecular weight excluding hydrogens is 230 g/mol. The highest BCUT2D eigenvalue weighted by atomic mass is 16.1. The number of carbonyl (C=O) groups excluding carboxylic acids is 1. The molecule has 1 amide bonds. The van der Waals surface area contributed by atoms with Gasteiger partial charge in [0.05, 0.1) is 12.2 Å². The van der Waals surface area contributed by atoms with E-state index in [9.17, 15) is 4.79 Å². The van der Waals surface area contributed by atoms with Gasteiger partial charge >= 0.3 is 0 Å². The number of aromatic nitrogens is 3. The second-order valence-electron chi connectivity index (χ2n) is 4.01. The highest BCUT2D eigenvalue weighted by Crippen LogP contribution is 2.06. The first kappa shape index (κ1) is 12.3. The molecule has 0 saturated carbocycles. The Morgan fingerprint density at radius 1 is 1.39 bits per heavy atom. The van der Waals surface area contributed by atoms with E-state index in [-0.39, 0.29) is 0 Å². The van der Waals surface area contributed by atoms with Gasteiger partial charge in [-0.15, -0.1) is 5.10 Å². The van der Waals surface area contributed by atoms with Gasteiger partial charge in [-0.2, -0.15) is 0 Å². The fourth-order valence-corrected chi connectivity index (χ4v) is 1.69. The first-order valence-corrected chi connectivity index (χ1v) is 5.67. The number of rotatable bonds is 5. The molecule has 0 atom stereocenters. The number of hydrogen-bond acceptors (Lipinski definition) is 4. The molecule has 0 radical (unpaired) electrons. The molecule has 4 N–H and O–H groups in total. The van der Waals surface area contributed by atoms with Gasteiger partial charge in [0.2, 0.25) is 5.91 Å². The SMILES string of the molecule is NCCc1cn(Cc2cccc(C(N)=O)c2)nn1. The minimum absolute atomic E-state index is 0.431. The van der Waals surface area contributed by atoms with Crippen molar-refractivity contribution in [1.82, 2.24) is 15.0 Å². The van der Waals surface area contributed by atoms with Gasteiger partial charge < -0.3 is 11.5 Å². The number of nitrogens with zero attached hydrogens (tertiary/aromatic N) is 3. The molecule has 2 aromatic rings. The van der Waals surface area contributed by atoms with Gasteiger partial charge in [-0.3, -0.25) is 4.79 Å². The van der Waals surface area contributed by atoms with Gasteiger partial charge in [0.1, 0.15) is 0 Å². The lowest BCUT2D eigenvalue weighted by Gasteiger charge is -2.02. The van der Waals surface area contributed by atoms with Crippen LogP contribution in [0.1, 0.15) is 21.6 Å². The van der Waals surface area contributed by atoms with Gasteiger partial charge in [0, 0.05) is 18.2 Å². The zero-order valence-electron chi connectivity index (χ0n) is 9.91. The van der Waals surface area contributed by atoms with Crippen molar-refractivity contribution < 1.29 is 4.79 Å². The van der Waals surface area contributed by atoms with Crippen molar-refractivity contribution in [2.45, 2.75) is 13.0 Å². The fourth-order valence-electron chi connectivity index (χ4n) is 1.69. The standard InChI is InChI=1S/C12H15N5O/c13-5-4-11-8-17(16-15-11)7-9-2-1-3-10(6-9)12(14)18/h1-3,6,8H,4-5,7,13H2,(H2,14,18). The number of primary amides is 1. The summed E-state index contributed by atoms with van der Waals surface area (Å²) < 4.78 is 1.71. The van der Waals surface area contributed by atoms with E-state index in [0.29, 0.717) is 25.1 Å². The van der Waals surface area contributed by atoms with Crippen LogP contribution in [0.5, 0.6) is 0 Å². The zero-order valence-corrected chi connectivity index (χ0v) is 9.91. The Labute approximate surface area is 105 Å². The molecule has 0 spiro atoms. The molecule has 1 aromatic heterocycles. The lowest BCUT2D eigenvalue weighted by atomic mass is 10.1. The van der Waals surface area contributed by atoms with Crippen molar-refractivity contribution in [3.63, 3.8) is 0 Å². The summed E-state index contributed by atoms with van der Waals surface area (Å²) in [5, 5.41) is 8.00. The predicted octanol–water partition coefficient (Wildman–Crippen LogP) is -0.0735. The lowest BCUT2D eigenvalue weighted by Crippen LogP contribution is -2.11. The first-order chi connectivity index (χ1) is 8.69.